The number of benzene rings is 1. The molecule has 1 aromatic rings. The summed E-state index contributed by atoms with van der Waals surface area (Å²) in [7, 11) is 1.74. The fourth-order valence-electron chi connectivity index (χ4n) is 3.26. The van der Waals surface area contributed by atoms with Crippen LogP contribution < -0.4 is 10.1 Å². The van der Waals surface area contributed by atoms with Gasteiger partial charge in [0, 0.05) is 12.6 Å². The quantitative estimate of drug-likeness (QED) is 0.826. The van der Waals surface area contributed by atoms with Gasteiger partial charge in [0.2, 0.25) is 0 Å². The first-order valence-electron chi connectivity index (χ1n) is 8.15. The lowest BCUT2D eigenvalue weighted by Crippen LogP contribution is -2.26. The molecule has 3 nitrogen and oxygen atoms in total. The maximum Gasteiger partial charge on any atom is 0.124 e. The van der Waals surface area contributed by atoms with Gasteiger partial charge in [0.05, 0.1) is 13.2 Å². The highest BCUT2D eigenvalue weighted by molar-refractivity contribution is 5.44. The topological polar surface area (TPSA) is 30.5 Å². The molecule has 118 valence electrons. The maximum absolute atomic E-state index is 5.83. The Morgan fingerprint density at radius 3 is 2.57 bits per heavy atom. The van der Waals surface area contributed by atoms with Crippen molar-refractivity contribution in [1.29, 1.82) is 0 Å². The van der Waals surface area contributed by atoms with E-state index in [1.807, 2.05) is 0 Å². The molecule has 0 radical (unpaired) electrons. The van der Waals surface area contributed by atoms with Crippen LogP contribution in [-0.2, 0) is 4.74 Å². The number of nitrogens with one attached hydrogen (secondary N) is 1. The second-order valence-electron chi connectivity index (χ2n) is 6.07. The van der Waals surface area contributed by atoms with Crippen molar-refractivity contribution >= 4 is 0 Å². The van der Waals surface area contributed by atoms with Crippen LogP contribution in [0, 0.1) is 13.8 Å². The molecule has 0 spiro atoms. The van der Waals surface area contributed by atoms with Crippen LogP contribution in [-0.4, -0.2) is 26.4 Å². The number of rotatable bonds is 7. The highest BCUT2D eigenvalue weighted by Crippen LogP contribution is 2.31. The van der Waals surface area contributed by atoms with E-state index in [0.717, 1.165) is 31.7 Å². The van der Waals surface area contributed by atoms with Gasteiger partial charge in [0.25, 0.3) is 0 Å². The summed E-state index contributed by atoms with van der Waals surface area (Å²) in [4.78, 5) is 0. The van der Waals surface area contributed by atoms with Gasteiger partial charge in [0.1, 0.15) is 5.75 Å². The second kappa shape index (κ2) is 7.81. The van der Waals surface area contributed by atoms with Crippen molar-refractivity contribution in [1.82, 2.24) is 5.32 Å². The third-order valence-corrected chi connectivity index (χ3v) is 4.25. The van der Waals surface area contributed by atoms with Gasteiger partial charge in [-0.2, -0.15) is 0 Å². The zero-order valence-electron chi connectivity index (χ0n) is 13.9. The standard InChI is InChI=1S/C18H29NO2/c1-5-8-19-17(12-16-7-6-9-21-16)15-10-13(2)18(20-4)14(3)11-15/h10-11,16-17,19H,5-9,12H2,1-4H3. The first-order chi connectivity index (χ1) is 10.2. The van der Waals surface area contributed by atoms with Crippen molar-refractivity contribution in [2.45, 2.75) is 58.6 Å². The Balaban J connectivity index is 2.18. The van der Waals surface area contributed by atoms with Gasteiger partial charge < -0.3 is 14.8 Å². The summed E-state index contributed by atoms with van der Waals surface area (Å²) in [5.74, 6) is 1.00. The molecular weight excluding hydrogens is 262 g/mol. The van der Waals surface area contributed by atoms with E-state index in [1.165, 1.54) is 29.5 Å². The minimum Gasteiger partial charge on any atom is -0.496 e. The van der Waals surface area contributed by atoms with E-state index in [-0.39, 0.29) is 0 Å². The first-order valence-corrected chi connectivity index (χ1v) is 8.15. The lowest BCUT2D eigenvalue weighted by atomic mass is 9.95. The third kappa shape index (κ3) is 4.21. The zero-order chi connectivity index (χ0) is 15.2. The molecule has 2 rings (SSSR count). The Hall–Kier alpha value is -1.06. The van der Waals surface area contributed by atoms with Crippen molar-refractivity contribution in [3.05, 3.63) is 28.8 Å². The average molecular weight is 291 g/mol. The van der Waals surface area contributed by atoms with E-state index in [1.54, 1.807) is 7.11 Å². The van der Waals surface area contributed by atoms with Crippen LogP contribution in [0.5, 0.6) is 5.75 Å². The van der Waals surface area contributed by atoms with Gasteiger partial charge in [-0.1, -0.05) is 19.1 Å². The molecule has 0 saturated carbocycles. The Labute approximate surface area is 129 Å². The molecule has 1 N–H and O–H groups in total. The lowest BCUT2D eigenvalue weighted by molar-refractivity contribution is 0.0945. The molecule has 2 atom stereocenters. The molecule has 1 saturated heterocycles. The first kappa shape index (κ1) is 16.3. The van der Waals surface area contributed by atoms with Crippen molar-refractivity contribution in [2.24, 2.45) is 0 Å². The lowest BCUT2D eigenvalue weighted by Gasteiger charge is -2.24. The Kier molecular flexibility index (Phi) is 6.07. The number of ether oxygens (including phenoxy) is 2. The number of hydrogen-bond acceptors (Lipinski definition) is 3. The number of aryl methyl sites for hydroxylation is 2. The zero-order valence-corrected chi connectivity index (χ0v) is 13.9. The molecule has 1 aliphatic rings. The minimum atomic E-state index is 0.372. The predicted octanol–water partition coefficient (Wildman–Crippen LogP) is 3.92. The van der Waals surface area contributed by atoms with Crippen LogP contribution in [0.2, 0.25) is 0 Å². The fourth-order valence-corrected chi connectivity index (χ4v) is 3.26. The highest BCUT2D eigenvalue weighted by atomic mass is 16.5. The molecule has 0 aliphatic carbocycles. The highest BCUT2D eigenvalue weighted by Gasteiger charge is 2.22. The minimum absolute atomic E-state index is 0.372. The van der Waals surface area contributed by atoms with E-state index in [2.05, 4.69) is 38.2 Å². The SMILES string of the molecule is CCCNC(CC1CCCO1)c1cc(C)c(OC)c(C)c1. The molecule has 3 heteroatoms. The molecule has 1 aliphatic heterocycles. The smallest absolute Gasteiger partial charge is 0.124 e. The summed E-state index contributed by atoms with van der Waals surface area (Å²) in [6, 6.07) is 4.89. The van der Waals surface area contributed by atoms with Crippen molar-refractivity contribution in [2.75, 3.05) is 20.3 Å². The maximum atomic E-state index is 5.83. The van der Waals surface area contributed by atoms with E-state index < -0.39 is 0 Å². The van der Waals surface area contributed by atoms with Crippen molar-refractivity contribution in [3.8, 4) is 5.75 Å². The van der Waals surface area contributed by atoms with E-state index in [9.17, 15) is 0 Å². The van der Waals surface area contributed by atoms with Crippen LogP contribution in [0.25, 0.3) is 0 Å². The van der Waals surface area contributed by atoms with E-state index in [4.69, 9.17) is 9.47 Å². The van der Waals surface area contributed by atoms with Gasteiger partial charge in [-0.3, -0.25) is 0 Å². The summed E-state index contributed by atoms with van der Waals surface area (Å²) in [6.07, 6.45) is 5.01. The summed E-state index contributed by atoms with van der Waals surface area (Å²) < 4.78 is 11.3. The second-order valence-corrected chi connectivity index (χ2v) is 6.07. The predicted molar refractivity (Wildman–Crippen MR) is 87.1 cm³/mol. The molecular formula is C18H29NO2. The van der Waals surface area contributed by atoms with Crippen LogP contribution in [0.4, 0.5) is 0 Å². The van der Waals surface area contributed by atoms with E-state index in [0.29, 0.717) is 12.1 Å². The molecule has 1 aromatic carbocycles. The molecule has 0 aromatic heterocycles. The Morgan fingerprint density at radius 1 is 1.33 bits per heavy atom. The van der Waals surface area contributed by atoms with Gasteiger partial charge in [0.15, 0.2) is 0 Å². The normalized spacial score (nSPS) is 19.7. The average Bonchev–Trinajstić information content (AvgIpc) is 2.96. The molecule has 21 heavy (non-hydrogen) atoms. The molecule has 1 heterocycles. The summed E-state index contributed by atoms with van der Waals surface area (Å²) in [5, 5.41) is 3.68. The van der Waals surface area contributed by atoms with Crippen LogP contribution >= 0.6 is 0 Å². The molecule has 2 unspecified atom stereocenters. The van der Waals surface area contributed by atoms with Gasteiger partial charge in [-0.15, -0.1) is 0 Å². The van der Waals surface area contributed by atoms with Gasteiger partial charge in [-0.25, -0.2) is 0 Å². The van der Waals surface area contributed by atoms with Crippen LogP contribution in [0.15, 0.2) is 12.1 Å². The fraction of sp³-hybridized carbons (Fsp3) is 0.667. The Morgan fingerprint density at radius 2 is 2.05 bits per heavy atom. The third-order valence-electron chi connectivity index (χ3n) is 4.25. The largest absolute Gasteiger partial charge is 0.496 e. The Bertz CT molecular complexity index is 430. The molecule has 0 bridgehead atoms. The summed E-state index contributed by atoms with van der Waals surface area (Å²) >= 11 is 0. The van der Waals surface area contributed by atoms with Crippen molar-refractivity contribution < 1.29 is 9.47 Å². The summed E-state index contributed by atoms with van der Waals surface area (Å²) in [6.45, 7) is 8.42. The summed E-state index contributed by atoms with van der Waals surface area (Å²) in [5.41, 5.74) is 3.78. The van der Waals surface area contributed by atoms with Crippen molar-refractivity contribution in [3.63, 3.8) is 0 Å². The number of methoxy groups -OCH3 is 1. The van der Waals surface area contributed by atoms with Crippen LogP contribution in [0.1, 0.15) is 55.3 Å². The monoisotopic (exact) mass is 291 g/mol. The van der Waals surface area contributed by atoms with Gasteiger partial charge >= 0.3 is 0 Å². The van der Waals surface area contributed by atoms with Crippen LogP contribution in [0.3, 0.4) is 0 Å². The molecule has 0 amide bonds. The number of hydrogen-bond donors (Lipinski definition) is 1. The van der Waals surface area contributed by atoms with Gasteiger partial charge in [-0.05, 0) is 62.8 Å². The van der Waals surface area contributed by atoms with E-state index >= 15 is 0 Å². The molecule has 1 fully saturated rings.